The quantitative estimate of drug-likeness (QED) is 0.774. The zero-order chi connectivity index (χ0) is 14.8. The monoisotopic (exact) mass is 344 g/mol. The third-order valence-electron chi connectivity index (χ3n) is 2.85. The van der Waals surface area contributed by atoms with E-state index in [1.54, 1.807) is 42.6 Å². The summed E-state index contributed by atoms with van der Waals surface area (Å²) < 4.78 is 6.10. The second-order valence-electron chi connectivity index (χ2n) is 4.26. The van der Waals surface area contributed by atoms with Crippen LogP contribution in [0.5, 0.6) is 0 Å². The van der Waals surface area contributed by atoms with Crippen molar-refractivity contribution in [2.75, 3.05) is 5.32 Å². The van der Waals surface area contributed by atoms with Gasteiger partial charge in [-0.05, 0) is 40.2 Å². The Labute approximate surface area is 127 Å². The SMILES string of the molecule is O=C(Nc1ncccc1Br)c1cc(=O)c2ccccc2o1. The van der Waals surface area contributed by atoms with Gasteiger partial charge in [-0.15, -0.1) is 0 Å². The second-order valence-corrected chi connectivity index (χ2v) is 5.11. The largest absolute Gasteiger partial charge is 0.451 e. The van der Waals surface area contributed by atoms with Crippen molar-refractivity contribution in [2.24, 2.45) is 0 Å². The molecule has 6 heteroatoms. The normalized spacial score (nSPS) is 10.5. The van der Waals surface area contributed by atoms with Crippen LogP contribution in [0.1, 0.15) is 10.6 Å². The molecule has 0 aliphatic heterocycles. The molecule has 21 heavy (non-hydrogen) atoms. The third kappa shape index (κ3) is 2.71. The molecule has 0 saturated carbocycles. The van der Waals surface area contributed by atoms with Gasteiger partial charge in [0, 0.05) is 12.3 Å². The van der Waals surface area contributed by atoms with Gasteiger partial charge < -0.3 is 9.73 Å². The molecule has 0 aliphatic carbocycles. The van der Waals surface area contributed by atoms with Gasteiger partial charge in [-0.1, -0.05) is 12.1 Å². The molecule has 0 bridgehead atoms. The molecule has 1 N–H and O–H groups in total. The van der Waals surface area contributed by atoms with Crippen LogP contribution in [0.2, 0.25) is 0 Å². The van der Waals surface area contributed by atoms with Gasteiger partial charge >= 0.3 is 0 Å². The number of carbonyl (C=O) groups is 1. The van der Waals surface area contributed by atoms with Crippen molar-refractivity contribution >= 4 is 38.6 Å². The molecule has 3 rings (SSSR count). The number of aromatic nitrogens is 1. The van der Waals surface area contributed by atoms with E-state index in [1.807, 2.05) is 0 Å². The first-order valence-electron chi connectivity index (χ1n) is 6.10. The molecule has 3 aromatic rings. The van der Waals surface area contributed by atoms with Crippen molar-refractivity contribution in [3.8, 4) is 0 Å². The van der Waals surface area contributed by atoms with Crippen molar-refractivity contribution in [3.05, 3.63) is 69.1 Å². The highest BCUT2D eigenvalue weighted by atomic mass is 79.9. The second kappa shape index (κ2) is 5.49. The van der Waals surface area contributed by atoms with Crippen LogP contribution in [0.25, 0.3) is 11.0 Å². The van der Waals surface area contributed by atoms with Crippen LogP contribution in [0.15, 0.2) is 62.3 Å². The van der Waals surface area contributed by atoms with E-state index in [0.29, 0.717) is 21.3 Å². The first-order chi connectivity index (χ1) is 10.1. The number of anilines is 1. The fraction of sp³-hybridized carbons (Fsp3) is 0. The first kappa shape index (κ1) is 13.5. The summed E-state index contributed by atoms with van der Waals surface area (Å²) in [6.45, 7) is 0. The number of hydrogen-bond acceptors (Lipinski definition) is 4. The molecular formula is C15H9BrN2O3. The van der Waals surface area contributed by atoms with Crippen molar-refractivity contribution < 1.29 is 9.21 Å². The molecule has 0 saturated heterocycles. The lowest BCUT2D eigenvalue weighted by Gasteiger charge is -2.06. The standard InChI is InChI=1S/C15H9BrN2O3/c16-10-5-3-7-17-14(10)18-15(20)13-8-11(19)9-4-1-2-6-12(9)21-13/h1-8H,(H,17,18,20). The number of fused-ring (bicyclic) bond motifs is 1. The Morgan fingerprint density at radius 3 is 2.81 bits per heavy atom. The van der Waals surface area contributed by atoms with Crippen LogP contribution >= 0.6 is 15.9 Å². The lowest BCUT2D eigenvalue weighted by atomic mass is 10.2. The fourth-order valence-corrected chi connectivity index (χ4v) is 2.22. The summed E-state index contributed by atoms with van der Waals surface area (Å²) in [6.07, 6.45) is 1.55. The summed E-state index contributed by atoms with van der Waals surface area (Å²) >= 11 is 3.28. The van der Waals surface area contributed by atoms with E-state index in [9.17, 15) is 9.59 Å². The maximum Gasteiger partial charge on any atom is 0.292 e. The van der Waals surface area contributed by atoms with E-state index in [0.717, 1.165) is 0 Å². The Morgan fingerprint density at radius 2 is 2.00 bits per heavy atom. The minimum Gasteiger partial charge on any atom is -0.451 e. The smallest absolute Gasteiger partial charge is 0.292 e. The van der Waals surface area contributed by atoms with Crippen molar-refractivity contribution in [3.63, 3.8) is 0 Å². The molecule has 0 unspecified atom stereocenters. The highest BCUT2D eigenvalue weighted by molar-refractivity contribution is 9.10. The summed E-state index contributed by atoms with van der Waals surface area (Å²) in [5.41, 5.74) is 0.109. The Morgan fingerprint density at radius 1 is 1.19 bits per heavy atom. The highest BCUT2D eigenvalue weighted by Crippen LogP contribution is 2.19. The van der Waals surface area contributed by atoms with Gasteiger partial charge in [-0.25, -0.2) is 4.98 Å². The number of amides is 1. The van der Waals surface area contributed by atoms with Crippen LogP contribution in [0, 0.1) is 0 Å². The van der Waals surface area contributed by atoms with Crippen molar-refractivity contribution in [1.82, 2.24) is 4.98 Å². The molecule has 2 heterocycles. The lowest BCUT2D eigenvalue weighted by molar-refractivity contribution is 0.0996. The van der Waals surface area contributed by atoms with Gasteiger partial charge in [-0.3, -0.25) is 9.59 Å². The maximum absolute atomic E-state index is 12.2. The molecular weight excluding hydrogens is 336 g/mol. The predicted molar refractivity (Wildman–Crippen MR) is 82.4 cm³/mol. The van der Waals surface area contributed by atoms with E-state index in [2.05, 4.69) is 26.2 Å². The molecule has 0 fully saturated rings. The Kier molecular flexibility index (Phi) is 3.53. The highest BCUT2D eigenvalue weighted by Gasteiger charge is 2.14. The molecule has 0 aliphatic rings. The van der Waals surface area contributed by atoms with Crippen LogP contribution in [0.4, 0.5) is 5.82 Å². The van der Waals surface area contributed by atoms with E-state index in [-0.39, 0.29) is 11.2 Å². The van der Waals surface area contributed by atoms with Crippen LogP contribution in [-0.4, -0.2) is 10.9 Å². The van der Waals surface area contributed by atoms with Gasteiger partial charge in [0.1, 0.15) is 11.4 Å². The summed E-state index contributed by atoms with van der Waals surface area (Å²) in [7, 11) is 0. The van der Waals surface area contributed by atoms with E-state index >= 15 is 0 Å². The molecule has 1 amide bonds. The number of carbonyl (C=O) groups excluding carboxylic acids is 1. The number of nitrogens with one attached hydrogen (secondary N) is 1. The van der Waals surface area contributed by atoms with E-state index in [1.165, 1.54) is 6.07 Å². The van der Waals surface area contributed by atoms with Gasteiger partial charge in [0.05, 0.1) is 9.86 Å². The molecule has 0 spiro atoms. The Balaban J connectivity index is 1.99. The zero-order valence-corrected chi connectivity index (χ0v) is 12.3. The number of pyridine rings is 1. The van der Waals surface area contributed by atoms with Crippen molar-refractivity contribution in [1.29, 1.82) is 0 Å². The van der Waals surface area contributed by atoms with Gasteiger partial charge in [0.2, 0.25) is 0 Å². The average Bonchev–Trinajstić information content (AvgIpc) is 2.49. The lowest BCUT2D eigenvalue weighted by Crippen LogP contribution is -2.16. The fourth-order valence-electron chi connectivity index (χ4n) is 1.86. The summed E-state index contributed by atoms with van der Waals surface area (Å²) in [5.74, 6) is -0.230. The van der Waals surface area contributed by atoms with Crippen LogP contribution < -0.4 is 10.7 Å². The summed E-state index contributed by atoms with van der Waals surface area (Å²) in [6, 6.07) is 11.4. The predicted octanol–water partition coefficient (Wildman–Crippen LogP) is 3.20. The summed E-state index contributed by atoms with van der Waals surface area (Å²) in [5, 5.41) is 3.03. The first-order valence-corrected chi connectivity index (χ1v) is 6.89. The van der Waals surface area contributed by atoms with Gasteiger partial charge in [0.15, 0.2) is 11.2 Å². The number of rotatable bonds is 2. The van der Waals surface area contributed by atoms with Crippen molar-refractivity contribution in [2.45, 2.75) is 0 Å². The number of nitrogens with zero attached hydrogens (tertiary/aromatic N) is 1. The molecule has 104 valence electrons. The number of benzene rings is 1. The zero-order valence-electron chi connectivity index (χ0n) is 10.7. The molecule has 1 aromatic carbocycles. The molecule has 0 atom stereocenters. The molecule has 5 nitrogen and oxygen atoms in total. The summed E-state index contributed by atoms with van der Waals surface area (Å²) in [4.78, 5) is 28.1. The van der Waals surface area contributed by atoms with E-state index < -0.39 is 5.91 Å². The topological polar surface area (TPSA) is 72.2 Å². The number of hydrogen-bond donors (Lipinski definition) is 1. The molecule has 2 aromatic heterocycles. The Bertz CT molecular complexity index is 889. The molecule has 0 radical (unpaired) electrons. The number of para-hydroxylation sites is 1. The minimum absolute atomic E-state index is 0.0590. The van der Waals surface area contributed by atoms with Crippen LogP contribution in [-0.2, 0) is 0 Å². The van der Waals surface area contributed by atoms with E-state index in [4.69, 9.17) is 4.42 Å². The Hall–Kier alpha value is -2.47. The average molecular weight is 345 g/mol. The van der Waals surface area contributed by atoms with Crippen LogP contribution in [0.3, 0.4) is 0 Å². The van der Waals surface area contributed by atoms with Gasteiger partial charge in [0.25, 0.3) is 5.91 Å². The number of halogens is 1. The third-order valence-corrected chi connectivity index (χ3v) is 3.49. The minimum atomic E-state index is -0.530. The van der Waals surface area contributed by atoms with Gasteiger partial charge in [-0.2, -0.15) is 0 Å². The maximum atomic E-state index is 12.2.